The van der Waals surface area contributed by atoms with Gasteiger partial charge in [-0.05, 0) is 19.9 Å². The number of hydrogen-bond donors (Lipinski definition) is 0. The Labute approximate surface area is 82.7 Å². The molecule has 0 heterocycles. The van der Waals surface area contributed by atoms with E-state index < -0.39 is 0 Å². The zero-order chi connectivity index (χ0) is 10.6. The van der Waals surface area contributed by atoms with Gasteiger partial charge in [0.25, 0.3) is 0 Å². The lowest BCUT2D eigenvalue weighted by atomic mass is 10.0. The van der Waals surface area contributed by atoms with Crippen molar-refractivity contribution in [3.05, 3.63) is 29.3 Å². The molecule has 1 aromatic carbocycles. The van der Waals surface area contributed by atoms with Crippen molar-refractivity contribution in [1.29, 1.82) is 0 Å². The largest absolute Gasteiger partial charge is 0.493 e. The first-order chi connectivity index (χ1) is 6.70. The molecule has 0 unspecified atom stereocenters. The van der Waals surface area contributed by atoms with Crippen LogP contribution >= 0.6 is 0 Å². The van der Waals surface area contributed by atoms with E-state index in [0.717, 1.165) is 0 Å². The van der Waals surface area contributed by atoms with Crippen LogP contribution in [-0.2, 0) is 0 Å². The van der Waals surface area contributed by atoms with Gasteiger partial charge in [0.2, 0.25) is 0 Å². The van der Waals surface area contributed by atoms with Crippen LogP contribution in [0.4, 0.5) is 0 Å². The average molecular weight is 192 g/mol. The van der Waals surface area contributed by atoms with Crippen LogP contribution in [-0.4, -0.2) is 18.7 Å². The first-order valence-electron chi connectivity index (χ1n) is 4.42. The van der Waals surface area contributed by atoms with Gasteiger partial charge in [0.05, 0.1) is 12.2 Å². The zero-order valence-corrected chi connectivity index (χ0v) is 8.24. The topological polar surface area (TPSA) is 43.4 Å². The van der Waals surface area contributed by atoms with Gasteiger partial charge in [0.15, 0.2) is 12.1 Å². The molecule has 0 spiro atoms. The summed E-state index contributed by atoms with van der Waals surface area (Å²) in [6.07, 6.45) is 0.666. The van der Waals surface area contributed by atoms with Gasteiger partial charge in [-0.25, -0.2) is 0 Å². The Morgan fingerprint density at radius 2 is 2.21 bits per heavy atom. The molecule has 3 heteroatoms. The number of hydrogen-bond acceptors (Lipinski definition) is 3. The fourth-order valence-electron chi connectivity index (χ4n) is 1.30. The number of ketones is 1. The molecular weight excluding hydrogens is 180 g/mol. The highest BCUT2D eigenvalue weighted by molar-refractivity contribution is 6.03. The van der Waals surface area contributed by atoms with Crippen molar-refractivity contribution in [2.24, 2.45) is 0 Å². The van der Waals surface area contributed by atoms with Gasteiger partial charge < -0.3 is 4.74 Å². The van der Waals surface area contributed by atoms with Crippen LogP contribution in [0.25, 0.3) is 0 Å². The lowest BCUT2D eigenvalue weighted by Crippen LogP contribution is -2.04. The molecule has 0 N–H and O–H groups in total. The summed E-state index contributed by atoms with van der Waals surface area (Å²) in [5.74, 6) is 0.320. The summed E-state index contributed by atoms with van der Waals surface area (Å²) < 4.78 is 5.26. The van der Waals surface area contributed by atoms with Crippen LogP contribution in [0.15, 0.2) is 18.2 Å². The van der Waals surface area contributed by atoms with Crippen molar-refractivity contribution in [2.75, 3.05) is 6.61 Å². The summed E-state index contributed by atoms with van der Waals surface area (Å²) in [7, 11) is 0. The Kier molecular flexibility index (Phi) is 3.40. The van der Waals surface area contributed by atoms with Gasteiger partial charge in [-0.2, -0.15) is 0 Å². The van der Waals surface area contributed by atoms with E-state index in [1.807, 2.05) is 6.92 Å². The first kappa shape index (κ1) is 10.4. The van der Waals surface area contributed by atoms with E-state index in [2.05, 4.69) is 0 Å². The van der Waals surface area contributed by atoms with E-state index in [9.17, 15) is 9.59 Å². The molecule has 0 aliphatic heterocycles. The number of carbonyl (C=O) groups excluding carboxylic acids is 2. The minimum atomic E-state index is -0.156. The number of rotatable bonds is 4. The standard InChI is InChI=1S/C11H12O3/c1-3-14-10-6-4-5-9(7-12)11(10)8(2)13/h4-7H,3H2,1-2H3. The lowest BCUT2D eigenvalue weighted by Gasteiger charge is -2.08. The highest BCUT2D eigenvalue weighted by Crippen LogP contribution is 2.21. The Morgan fingerprint density at radius 3 is 2.71 bits per heavy atom. The fourth-order valence-corrected chi connectivity index (χ4v) is 1.30. The second-order valence-corrected chi connectivity index (χ2v) is 2.83. The van der Waals surface area contributed by atoms with Crippen molar-refractivity contribution in [3.63, 3.8) is 0 Å². The molecule has 3 nitrogen and oxygen atoms in total. The van der Waals surface area contributed by atoms with E-state index >= 15 is 0 Å². The highest BCUT2D eigenvalue weighted by Gasteiger charge is 2.12. The van der Waals surface area contributed by atoms with E-state index in [4.69, 9.17) is 4.74 Å². The molecule has 0 saturated carbocycles. The van der Waals surface area contributed by atoms with Gasteiger partial charge in [0, 0.05) is 5.56 Å². The Bertz CT molecular complexity index is 356. The molecule has 0 saturated heterocycles. The van der Waals surface area contributed by atoms with Crippen LogP contribution in [0.1, 0.15) is 34.6 Å². The smallest absolute Gasteiger partial charge is 0.164 e. The van der Waals surface area contributed by atoms with E-state index in [1.165, 1.54) is 6.92 Å². The molecule has 1 aromatic rings. The summed E-state index contributed by atoms with van der Waals surface area (Å²) >= 11 is 0. The molecular formula is C11H12O3. The molecule has 0 radical (unpaired) electrons. The van der Waals surface area contributed by atoms with Crippen molar-refractivity contribution in [2.45, 2.75) is 13.8 Å². The van der Waals surface area contributed by atoms with Crippen molar-refractivity contribution in [3.8, 4) is 5.75 Å². The van der Waals surface area contributed by atoms with Crippen LogP contribution < -0.4 is 4.74 Å². The van der Waals surface area contributed by atoms with Gasteiger partial charge in [-0.1, -0.05) is 12.1 Å². The van der Waals surface area contributed by atoms with Crippen molar-refractivity contribution >= 4 is 12.1 Å². The predicted octanol–water partition coefficient (Wildman–Crippen LogP) is 2.10. The van der Waals surface area contributed by atoms with Crippen LogP contribution in [0, 0.1) is 0 Å². The second-order valence-electron chi connectivity index (χ2n) is 2.83. The molecule has 0 aliphatic rings. The summed E-state index contributed by atoms with van der Waals surface area (Å²) in [5.41, 5.74) is 0.743. The lowest BCUT2D eigenvalue weighted by molar-refractivity contribution is 0.100. The number of Topliss-reactive ketones (excluding diaryl/α,β-unsaturated/α-hetero) is 1. The quantitative estimate of drug-likeness (QED) is 0.542. The summed E-state index contributed by atoms with van der Waals surface area (Å²) in [4.78, 5) is 22.0. The van der Waals surface area contributed by atoms with Crippen LogP contribution in [0.2, 0.25) is 0 Å². The molecule has 0 aromatic heterocycles. The molecule has 0 amide bonds. The Balaban J connectivity index is 3.27. The molecule has 14 heavy (non-hydrogen) atoms. The Morgan fingerprint density at radius 1 is 1.50 bits per heavy atom. The Hall–Kier alpha value is -1.64. The third-order valence-corrected chi connectivity index (χ3v) is 1.84. The minimum Gasteiger partial charge on any atom is -0.493 e. The molecule has 1 rings (SSSR count). The monoisotopic (exact) mass is 192 g/mol. The maximum Gasteiger partial charge on any atom is 0.164 e. The van der Waals surface area contributed by atoms with Crippen molar-refractivity contribution in [1.82, 2.24) is 0 Å². The van der Waals surface area contributed by atoms with Crippen LogP contribution in [0.3, 0.4) is 0 Å². The third-order valence-electron chi connectivity index (χ3n) is 1.84. The molecule has 0 atom stereocenters. The summed E-state index contributed by atoms with van der Waals surface area (Å²) in [6.45, 7) is 3.73. The third kappa shape index (κ3) is 1.99. The minimum absolute atomic E-state index is 0.156. The zero-order valence-electron chi connectivity index (χ0n) is 8.24. The molecule has 74 valence electrons. The van der Waals surface area contributed by atoms with Crippen LogP contribution in [0.5, 0.6) is 5.75 Å². The van der Waals surface area contributed by atoms with Gasteiger partial charge in [-0.15, -0.1) is 0 Å². The maximum atomic E-state index is 11.3. The number of aldehydes is 1. The van der Waals surface area contributed by atoms with Crippen molar-refractivity contribution < 1.29 is 14.3 Å². The second kappa shape index (κ2) is 4.56. The highest BCUT2D eigenvalue weighted by atomic mass is 16.5. The van der Waals surface area contributed by atoms with Gasteiger partial charge in [0.1, 0.15) is 5.75 Å². The number of benzene rings is 1. The summed E-state index contributed by atoms with van der Waals surface area (Å²) in [6, 6.07) is 4.99. The predicted molar refractivity (Wildman–Crippen MR) is 53.0 cm³/mol. The number of ether oxygens (including phenoxy) is 1. The molecule has 0 aliphatic carbocycles. The first-order valence-corrected chi connectivity index (χ1v) is 4.42. The number of carbonyl (C=O) groups is 2. The fraction of sp³-hybridized carbons (Fsp3) is 0.273. The van der Waals surface area contributed by atoms with E-state index in [-0.39, 0.29) is 5.78 Å². The van der Waals surface area contributed by atoms with E-state index in [1.54, 1.807) is 18.2 Å². The SMILES string of the molecule is CCOc1cccc(C=O)c1C(C)=O. The van der Waals surface area contributed by atoms with Gasteiger partial charge in [-0.3, -0.25) is 9.59 Å². The molecule has 0 fully saturated rings. The molecule has 0 bridgehead atoms. The normalized spacial score (nSPS) is 9.57. The van der Waals surface area contributed by atoms with Gasteiger partial charge >= 0.3 is 0 Å². The maximum absolute atomic E-state index is 11.3. The average Bonchev–Trinajstić information content (AvgIpc) is 2.17. The van der Waals surface area contributed by atoms with E-state index in [0.29, 0.717) is 29.8 Å². The summed E-state index contributed by atoms with van der Waals surface area (Å²) in [5, 5.41) is 0.